The number of carbonyl (C=O) groups excluding carboxylic acids is 2. The number of urea groups is 1. The zero-order chi connectivity index (χ0) is 19.5. The van der Waals surface area contributed by atoms with E-state index >= 15 is 0 Å². The van der Waals surface area contributed by atoms with Crippen LogP contribution in [0.1, 0.15) is 65.5 Å². The van der Waals surface area contributed by atoms with E-state index in [0.29, 0.717) is 5.82 Å². The van der Waals surface area contributed by atoms with Crippen LogP contribution in [0.5, 0.6) is 0 Å². The molecule has 1 aliphatic rings. The predicted molar refractivity (Wildman–Crippen MR) is 104 cm³/mol. The maximum Gasteiger partial charge on any atom is 0.315 e. The predicted octanol–water partition coefficient (Wildman–Crippen LogP) is 2.51. The Balaban J connectivity index is 2.09. The number of carbonyl (C=O) groups is 2. The molecule has 2 rings (SSSR count). The first kappa shape index (κ1) is 20.3. The molecule has 0 bridgehead atoms. The monoisotopic (exact) mass is 359 g/mol. The number of amides is 3. The Morgan fingerprint density at radius 2 is 2.04 bits per heavy atom. The molecular weight excluding hydrogens is 329 g/mol. The van der Waals surface area contributed by atoms with Crippen molar-refractivity contribution in [3.63, 3.8) is 0 Å². The smallest absolute Gasteiger partial charge is 0.315 e. The summed E-state index contributed by atoms with van der Waals surface area (Å²) in [7, 11) is 5.42. The molecule has 1 aromatic heterocycles. The summed E-state index contributed by atoms with van der Waals surface area (Å²) in [5.41, 5.74) is 0.684. The van der Waals surface area contributed by atoms with Crippen molar-refractivity contribution in [1.29, 1.82) is 0 Å². The molecular formula is C18H30BN5O2. The highest BCUT2D eigenvalue weighted by molar-refractivity contribution is 6.22. The third kappa shape index (κ3) is 5.25. The van der Waals surface area contributed by atoms with E-state index in [2.05, 4.69) is 16.0 Å². The van der Waals surface area contributed by atoms with Gasteiger partial charge in [-0.05, 0) is 60.2 Å². The van der Waals surface area contributed by atoms with Crippen LogP contribution in [0, 0.1) is 0 Å². The maximum absolute atomic E-state index is 11.9. The van der Waals surface area contributed by atoms with Crippen LogP contribution in [0.25, 0.3) is 0 Å². The summed E-state index contributed by atoms with van der Waals surface area (Å²) in [4.78, 5) is 23.6. The molecule has 0 saturated heterocycles. The van der Waals surface area contributed by atoms with Crippen molar-refractivity contribution in [2.45, 2.75) is 83.7 Å². The number of hydrogen-bond donors (Lipinski definition) is 3. The van der Waals surface area contributed by atoms with Crippen LogP contribution in [0.2, 0.25) is 6.32 Å². The number of anilines is 1. The molecule has 2 atom stereocenters. The third-order valence-corrected chi connectivity index (χ3v) is 4.42. The van der Waals surface area contributed by atoms with E-state index in [1.54, 1.807) is 0 Å². The Bertz CT molecular complexity index is 650. The summed E-state index contributed by atoms with van der Waals surface area (Å²) in [6.07, 6.45) is 2.66. The number of rotatable bonds is 5. The van der Waals surface area contributed by atoms with Gasteiger partial charge in [0.15, 0.2) is 0 Å². The van der Waals surface area contributed by atoms with Gasteiger partial charge in [-0.2, -0.15) is 5.10 Å². The standard InChI is InChI=1S/C18H30BN5O2/c1-11(2)20-17(26)21-13-7-6-12(8-13)14-9-15(22-16(25)10-19)24(23-14)18(3,4)5/h9,11-13H,6-8,10H2,1-5H3,(H,22,25)(H2,20,21,26)/t12-,13+/m0/s1. The molecule has 2 radical (unpaired) electrons. The zero-order valence-electron chi connectivity index (χ0n) is 16.4. The molecule has 1 aliphatic carbocycles. The normalized spacial score (nSPS) is 20.2. The van der Waals surface area contributed by atoms with Gasteiger partial charge >= 0.3 is 6.03 Å². The summed E-state index contributed by atoms with van der Waals surface area (Å²) in [6.45, 7) is 9.99. The van der Waals surface area contributed by atoms with E-state index in [1.165, 1.54) is 0 Å². The largest absolute Gasteiger partial charge is 0.336 e. The molecule has 0 unspecified atom stereocenters. The van der Waals surface area contributed by atoms with Crippen LogP contribution in [0.4, 0.5) is 10.6 Å². The van der Waals surface area contributed by atoms with Crippen LogP contribution >= 0.6 is 0 Å². The van der Waals surface area contributed by atoms with Gasteiger partial charge in [0.25, 0.3) is 0 Å². The number of nitrogens with zero attached hydrogens (tertiary/aromatic N) is 2. The highest BCUT2D eigenvalue weighted by Crippen LogP contribution is 2.36. The highest BCUT2D eigenvalue weighted by atomic mass is 16.2. The molecule has 1 fully saturated rings. The number of aromatic nitrogens is 2. The third-order valence-electron chi connectivity index (χ3n) is 4.42. The first-order chi connectivity index (χ1) is 12.1. The van der Waals surface area contributed by atoms with Crippen LogP contribution in [-0.2, 0) is 10.3 Å². The quantitative estimate of drug-likeness (QED) is 0.706. The highest BCUT2D eigenvalue weighted by Gasteiger charge is 2.31. The van der Waals surface area contributed by atoms with E-state index < -0.39 is 0 Å². The van der Waals surface area contributed by atoms with Crippen LogP contribution in [0.3, 0.4) is 0 Å². The molecule has 8 heteroatoms. The minimum absolute atomic E-state index is 0.0644. The van der Waals surface area contributed by atoms with Gasteiger partial charge in [0.1, 0.15) is 5.82 Å². The number of hydrogen-bond acceptors (Lipinski definition) is 3. The van der Waals surface area contributed by atoms with Crippen molar-refractivity contribution in [2.75, 3.05) is 5.32 Å². The molecule has 3 N–H and O–H groups in total. The molecule has 3 amide bonds. The van der Waals surface area contributed by atoms with Crippen molar-refractivity contribution in [2.24, 2.45) is 0 Å². The molecule has 1 aromatic rings. The maximum atomic E-state index is 11.9. The summed E-state index contributed by atoms with van der Waals surface area (Å²) in [5.74, 6) is 0.687. The fraction of sp³-hybridized carbons (Fsp3) is 0.722. The lowest BCUT2D eigenvalue weighted by Crippen LogP contribution is -2.43. The van der Waals surface area contributed by atoms with Gasteiger partial charge in [-0.3, -0.25) is 4.79 Å². The van der Waals surface area contributed by atoms with E-state index in [0.717, 1.165) is 25.0 Å². The lowest BCUT2D eigenvalue weighted by molar-refractivity contribution is -0.114. The SMILES string of the molecule is [B]CC(=O)Nc1cc([C@H]2CC[C@@H](NC(=O)NC(C)C)C2)nn1C(C)(C)C. The Hall–Kier alpha value is -1.99. The van der Waals surface area contributed by atoms with Gasteiger partial charge in [0.2, 0.25) is 5.91 Å². The first-order valence-corrected chi connectivity index (χ1v) is 9.27. The van der Waals surface area contributed by atoms with Crippen molar-refractivity contribution in [1.82, 2.24) is 20.4 Å². The second kappa shape index (κ2) is 8.14. The molecule has 0 aromatic carbocycles. The van der Waals surface area contributed by atoms with Gasteiger partial charge in [-0.15, -0.1) is 0 Å². The summed E-state index contributed by atoms with van der Waals surface area (Å²) in [6, 6.07) is 2.06. The Morgan fingerprint density at radius 1 is 1.35 bits per heavy atom. The van der Waals surface area contributed by atoms with Crippen molar-refractivity contribution in [3.8, 4) is 0 Å². The minimum atomic E-state index is -0.261. The average molecular weight is 359 g/mol. The fourth-order valence-electron chi connectivity index (χ4n) is 3.26. The molecule has 1 saturated carbocycles. The second-order valence-electron chi connectivity index (χ2n) is 8.27. The van der Waals surface area contributed by atoms with Gasteiger partial charge in [0.05, 0.1) is 19.1 Å². The lowest BCUT2D eigenvalue weighted by Gasteiger charge is -2.22. The topological polar surface area (TPSA) is 88.1 Å². The van der Waals surface area contributed by atoms with E-state index in [-0.39, 0.29) is 41.8 Å². The molecule has 1 heterocycles. The summed E-state index contributed by atoms with van der Waals surface area (Å²) >= 11 is 0. The Labute approximate surface area is 157 Å². The van der Waals surface area contributed by atoms with Gasteiger partial charge < -0.3 is 16.0 Å². The molecule has 142 valence electrons. The van der Waals surface area contributed by atoms with E-state index in [4.69, 9.17) is 12.9 Å². The Morgan fingerprint density at radius 3 is 2.62 bits per heavy atom. The minimum Gasteiger partial charge on any atom is -0.336 e. The van der Waals surface area contributed by atoms with Gasteiger partial charge in [-0.1, -0.05) is 0 Å². The van der Waals surface area contributed by atoms with Crippen molar-refractivity contribution < 1.29 is 9.59 Å². The van der Waals surface area contributed by atoms with Crippen molar-refractivity contribution in [3.05, 3.63) is 11.8 Å². The van der Waals surface area contributed by atoms with Crippen molar-refractivity contribution >= 4 is 25.6 Å². The van der Waals surface area contributed by atoms with E-state index in [9.17, 15) is 9.59 Å². The molecule has 7 nitrogen and oxygen atoms in total. The van der Waals surface area contributed by atoms with Gasteiger partial charge in [0, 0.05) is 24.1 Å². The number of nitrogens with one attached hydrogen (secondary N) is 3. The lowest BCUT2D eigenvalue weighted by atomic mass is 10.0. The second-order valence-corrected chi connectivity index (χ2v) is 8.27. The molecule has 26 heavy (non-hydrogen) atoms. The van der Waals surface area contributed by atoms with Crippen LogP contribution in [0.15, 0.2) is 6.07 Å². The summed E-state index contributed by atoms with van der Waals surface area (Å²) in [5, 5.41) is 13.5. The van der Waals surface area contributed by atoms with Crippen LogP contribution < -0.4 is 16.0 Å². The Kier molecular flexibility index (Phi) is 6.37. The van der Waals surface area contributed by atoms with Gasteiger partial charge in [-0.25, -0.2) is 9.48 Å². The fourth-order valence-corrected chi connectivity index (χ4v) is 3.26. The molecule has 0 aliphatic heterocycles. The molecule has 0 spiro atoms. The van der Waals surface area contributed by atoms with Crippen LogP contribution in [-0.4, -0.2) is 41.6 Å². The zero-order valence-corrected chi connectivity index (χ0v) is 16.4. The first-order valence-electron chi connectivity index (χ1n) is 9.27. The summed E-state index contributed by atoms with van der Waals surface area (Å²) < 4.78 is 1.84. The average Bonchev–Trinajstić information content (AvgIpc) is 3.12. The van der Waals surface area contributed by atoms with E-state index in [1.807, 2.05) is 45.4 Å².